The smallest absolute Gasteiger partial charge is 0.229 e. The molecule has 5 nitrogen and oxygen atoms in total. The largest absolute Gasteiger partial charge is 0.497 e. The Balaban J connectivity index is 2.25. The summed E-state index contributed by atoms with van der Waals surface area (Å²) < 4.78 is 5.08. The molecule has 116 valence electrons. The molecule has 0 saturated carbocycles. The number of amides is 2. The molecule has 0 radical (unpaired) electrons. The summed E-state index contributed by atoms with van der Waals surface area (Å²) in [7, 11) is 1.62. The van der Waals surface area contributed by atoms with Gasteiger partial charge in [0.1, 0.15) is 12.2 Å². The van der Waals surface area contributed by atoms with E-state index in [0.717, 1.165) is 24.2 Å². The molecule has 0 heterocycles. The standard InChI is InChI=1S/C16H24N2O3/c1-4-12(2)18-16(20)11-15(19)17-10-9-13-5-7-14(21-3)8-6-13/h5-8,12H,4,9-11H2,1-3H3,(H,17,19)(H,18,20). The normalized spacial score (nSPS) is 11.6. The van der Waals surface area contributed by atoms with Crippen molar-refractivity contribution in [3.8, 4) is 5.75 Å². The summed E-state index contributed by atoms with van der Waals surface area (Å²) >= 11 is 0. The van der Waals surface area contributed by atoms with Crippen molar-refractivity contribution < 1.29 is 14.3 Å². The van der Waals surface area contributed by atoms with Crippen molar-refractivity contribution in [2.45, 2.75) is 39.2 Å². The van der Waals surface area contributed by atoms with Crippen molar-refractivity contribution in [2.24, 2.45) is 0 Å². The van der Waals surface area contributed by atoms with E-state index in [0.29, 0.717) is 6.54 Å². The first kappa shape index (κ1) is 17.0. The minimum Gasteiger partial charge on any atom is -0.497 e. The van der Waals surface area contributed by atoms with Crippen LogP contribution in [0.25, 0.3) is 0 Å². The first-order valence-electron chi connectivity index (χ1n) is 7.24. The van der Waals surface area contributed by atoms with E-state index in [2.05, 4.69) is 10.6 Å². The van der Waals surface area contributed by atoms with E-state index in [4.69, 9.17) is 4.74 Å². The number of ether oxygens (including phenoxy) is 1. The van der Waals surface area contributed by atoms with E-state index in [1.54, 1.807) is 7.11 Å². The fraction of sp³-hybridized carbons (Fsp3) is 0.500. The second-order valence-corrected chi connectivity index (χ2v) is 5.00. The van der Waals surface area contributed by atoms with Crippen LogP contribution in [0.1, 0.15) is 32.3 Å². The van der Waals surface area contributed by atoms with Gasteiger partial charge < -0.3 is 15.4 Å². The minimum absolute atomic E-state index is 0.101. The Morgan fingerprint density at radius 1 is 1.19 bits per heavy atom. The molecular weight excluding hydrogens is 268 g/mol. The molecule has 0 aliphatic rings. The molecule has 0 fully saturated rings. The number of hydrogen-bond acceptors (Lipinski definition) is 3. The minimum atomic E-state index is -0.246. The van der Waals surface area contributed by atoms with Crippen molar-refractivity contribution >= 4 is 11.8 Å². The number of hydrogen-bond donors (Lipinski definition) is 2. The van der Waals surface area contributed by atoms with Crippen molar-refractivity contribution in [1.82, 2.24) is 10.6 Å². The van der Waals surface area contributed by atoms with Gasteiger partial charge in [0.2, 0.25) is 11.8 Å². The van der Waals surface area contributed by atoms with Crippen LogP contribution < -0.4 is 15.4 Å². The lowest BCUT2D eigenvalue weighted by atomic mass is 10.1. The highest BCUT2D eigenvalue weighted by atomic mass is 16.5. The topological polar surface area (TPSA) is 67.4 Å². The number of carbonyl (C=O) groups excluding carboxylic acids is 2. The zero-order valence-electron chi connectivity index (χ0n) is 12.9. The Morgan fingerprint density at radius 2 is 1.86 bits per heavy atom. The second kappa shape index (κ2) is 9.00. The Morgan fingerprint density at radius 3 is 2.43 bits per heavy atom. The summed E-state index contributed by atoms with van der Waals surface area (Å²) in [6, 6.07) is 7.79. The summed E-state index contributed by atoms with van der Waals surface area (Å²) in [6.07, 6.45) is 1.46. The molecule has 0 spiro atoms. The summed E-state index contributed by atoms with van der Waals surface area (Å²) in [5, 5.41) is 5.52. The van der Waals surface area contributed by atoms with Crippen molar-refractivity contribution in [3.05, 3.63) is 29.8 Å². The molecular formula is C16H24N2O3. The summed E-state index contributed by atoms with van der Waals surface area (Å²) in [5.74, 6) is 0.333. The van der Waals surface area contributed by atoms with Gasteiger partial charge in [0.25, 0.3) is 0 Å². The zero-order chi connectivity index (χ0) is 15.7. The van der Waals surface area contributed by atoms with Gasteiger partial charge >= 0.3 is 0 Å². The van der Waals surface area contributed by atoms with E-state index in [-0.39, 0.29) is 24.3 Å². The SMILES string of the molecule is CCC(C)NC(=O)CC(=O)NCCc1ccc(OC)cc1. The van der Waals surface area contributed by atoms with Crippen LogP contribution in [0.4, 0.5) is 0 Å². The molecule has 1 unspecified atom stereocenters. The van der Waals surface area contributed by atoms with Gasteiger partial charge in [-0.15, -0.1) is 0 Å². The first-order valence-corrected chi connectivity index (χ1v) is 7.24. The summed E-state index contributed by atoms with van der Waals surface area (Å²) in [5.41, 5.74) is 1.11. The molecule has 1 rings (SSSR count). The van der Waals surface area contributed by atoms with E-state index in [1.807, 2.05) is 38.1 Å². The number of rotatable bonds is 8. The third-order valence-electron chi connectivity index (χ3n) is 3.24. The molecule has 1 aromatic rings. The maximum atomic E-state index is 11.6. The lowest BCUT2D eigenvalue weighted by Gasteiger charge is -2.11. The van der Waals surface area contributed by atoms with Gasteiger partial charge in [-0.25, -0.2) is 0 Å². The molecule has 0 bridgehead atoms. The molecule has 21 heavy (non-hydrogen) atoms. The Bertz CT molecular complexity index is 457. The van der Waals surface area contributed by atoms with Gasteiger partial charge in [0, 0.05) is 12.6 Å². The molecule has 1 aromatic carbocycles. The molecule has 5 heteroatoms. The fourth-order valence-electron chi connectivity index (χ4n) is 1.77. The lowest BCUT2D eigenvalue weighted by molar-refractivity contribution is -0.129. The van der Waals surface area contributed by atoms with Crippen LogP contribution in [0.15, 0.2) is 24.3 Å². The zero-order valence-corrected chi connectivity index (χ0v) is 12.9. The third kappa shape index (κ3) is 6.79. The average Bonchev–Trinajstić information content (AvgIpc) is 2.47. The quantitative estimate of drug-likeness (QED) is 0.716. The molecule has 0 aliphatic heterocycles. The molecule has 0 aliphatic carbocycles. The van der Waals surface area contributed by atoms with Crippen LogP contribution in [0.5, 0.6) is 5.75 Å². The van der Waals surface area contributed by atoms with E-state index in [1.165, 1.54) is 0 Å². The number of carbonyl (C=O) groups is 2. The predicted octanol–water partition coefficient (Wildman–Crippen LogP) is 1.66. The summed E-state index contributed by atoms with van der Waals surface area (Å²) in [6.45, 7) is 4.42. The number of benzene rings is 1. The number of nitrogens with one attached hydrogen (secondary N) is 2. The van der Waals surface area contributed by atoms with Gasteiger partial charge in [0.15, 0.2) is 0 Å². The maximum absolute atomic E-state index is 11.6. The molecule has 1 atom stereocenters. The van der Waals surface area contributed by atoms with Crippen LogP contribution in [0, 0.1) is 0 Å². The van der Waals surface area contributed by atoms with E-state index in [9.17, 15) is 9.59 Å². The fourth-order valence-corrected chi connectivity index (χ4v) is 1.77. The van der Waals surface area contributed by atoms with Gasteiger partial charge in [-0.05, 0) is 37.5 Å². The Hall–Kier alpha value is -2.04. The summed E-state index contributed by atoms with van der Waals surface area (Å²) in [4.78, 5) is 23.2. The monoisotopic (exact) mass is 292 g/mol. The predicted molar refractivity (Wildman–Crippen MR) is 82.2 cm³/mol. The third-order valence-corrected chi connectivity index (χ3v) is 3.24. The van der Waals surface area contributed by atoms with Gasteiger partial charge in [-0.2, -0.15) is 0 Å². The maximum Gasteiger partial charge on any atom is 0.229 e. The van der Waals surface area contributed by atoms with Gasteiger partial charge in [-0.3, -0.25) is 9.59 Å². The highest BCUT2D eigenvalue weighted by Crippen LogP contribution is 2.11. The van der Waals surface area contributed by atoms with Gasteiger partial charge in [0.05, 0.1) is 7.11 Å². The molecule has 0 aromatic heterocycles. The van der Waals surface area contributed by atoms with Crippen LogP contribution in [0.2, 0.25) is 0 Å². The lowest BCUT2D eigenvalue weighted by Crippen LogP contribution is -2.36. The number of methoxy groups -OCH3 is 1. The van der Waals surface area contributed by atoms with Crippen molar-refractivity contribution in [2.75, 3.05) is 13.7 Å². The first-order chi connectivity index (χ1) is 10.0. The van der Waals surface area contributed by atoms with E-state index < -0.39 is 0 Å². The highest BCUT2D eigenvalue weighted by Gasteiger charge is 2.10. The van der Waals surface area contributed by atoms with E-state index >= 15 is 0 Å². The Labute approximate surface area is 126 Å². The highest BCUT2D eigenvalue weighted by molar-refractivity contribution is 5.96. The van der Waals surface area contributed by atoms with Crippen LogP contribution in [-0.4, -0.2) is 31.5 Å². The van der Waals surface area contributed by atoms with Crippen LogP contribution in [-0.2, 0) is 16.0 Å². The second-order valence-electron chi connectivity index (χ2n) is 5.00. The Kier molecular flexibility index (Phi) is 7.29. The van der Waals surface area contributed by atoms with Crippen LogP contribution >= 0.6 is 0 Å². The average molecular weight is 292 g/mol. The van der Waals surface area contributed by atoms with Crippen LogP contribution in [0.3, 0.4) is 0 Å². The molecule has 2 N–H and O–H groups in total. The molecule has 0 saturated heterocycles. The van der Waals surface area contributed by atoms with Gasteiger partial charge in [-0.1, -0.05) is 19.1 Å². The molecule has 2 amide bonds. The van der Waals surface area contributed by atoms with Crippen molar-refractivity contribution in [1.29, 1.82) is 0 Å². The van der Waals surface area contributed by atoms with Crippen molar-refractivity contribution in [3.63, 3.8) is 0 Å².